The molecule has 0 heterocycles. The fourth-order valence-corrected chi connectivity index (χ4v) is 2.82. The standard InChI is InChI=1S/C19H19Cl2NO2/c1-2-22(11-5-6-12-23)19(24)16-8-4-3-7-15(16)14-9-10-17(20)18(21)13-14/h3-4,7-10,12-13H,2,5-6,11H2,1H3. The Balaban J connectivity index is 2.34. The summed E-state index contributed by atoms with van der Waals surface area (Å²) in [7, 11) is 0. The quantitative estimate of drug-likeness (QED) is 0.506. The van der Waals surface area contributed by atoms with Gasteiger partial charge >= 0.3 is 0 Å². The minimum atomic E-state index is -0.0509. The molecule has 1 amide bonds. The molecule has 24 heavy (non-hydrogen) atoms. The lowest BCUT2D eigenvalue weighted by Gasteiger charge is -2.22. The van der Waals surface area contributed by atoms with E-state index >= 15 is 0 Å². The maximum Gasteiger partial charge on any atom is 0.254 e. The molecule has 0 aromatic heterocycles. The summed E-state index contributed by atoms with van der Waals surface area (Å²) in [5, 5.41) is 0.933. The Hall–Kier alpha value is -1.84. The number of aldehydes is 1. The first-order valence-corrected chi connectivity index (χ1v) is 8.61. The van der Waals surface area contributed by atoms with Crippen molar-refractivity contribution in [3.05, 3.63) is 58.1 Å². The van der Waals surface area contributed by atoms with Crippen LogP contribution in [-0.4, -0.2) is 30.2 Å². The van der Waals surface area contributed by atoms with Crippen LogP contribution in [0.3, 0.4) is 0 Å². The summed E-state index contributed by atoms with van der Waals surface area (Å²) in [6, 6.07) is 12.8. The van der Waals surface area contributed by atoms with E-state index in [1.54, 1.807) is 17.0 Å². The van der Waals surface area contributed by atoms with E-state index in [2.05, 4.69) is 0 Å². The molecule has 0 radical (unpaired) electrons. The van der Waals surface area contributed by atoms with Crippen LogP contribution < -0.4 is 0 Å². The zero-order valence-electron chi connectivity index (χ0n) is 13.5. The second kappa shape index (κ2) is 8.86. The number of carbonyl (C=O) groups is 2. The molecule has 0 aliphatic rings. The minimum Gasteiger partial charge on any atom is -0.339 e. The van der Waals surface area contributed by atoms with Gasteiger partial charge in [-0.3, -0.25) is 4.79 Å². The molecule has 0 aliphatic carbocycles. The van der Waals surface area contributed by atoms with E-state index in [1.807, 2.05) is 37.3 Å². The van der Waals surface area contributed by atoms with Crippen molar-refractivity contribution in [3.63, 3.8) is 0 Å². The summed E-state index contributed by atoms with van der Waals surface area (Å²) in [5.41, 5.74) is 2.27. The third kappa shape index (κ3) is 4.37. The highest BCUT2D eigenvalue weighted by atomic mass is 35.5. The van der Waals surface area contributed by atoms with Crippen LogP contribution in [-0.2, 0) is 4.79 Å². The monoisotopic (exact) mass is 363 g/mol. The van der Waals surface area contributed by atoms with Crippen molar-refractivity contribution < 1.29 is 9.59 Å². The largest absolute Gasteiger partial charge is 0.339 e. The van der Waals surface area contributed by atoms with Crippen LogP contribution in [0.2, 0.25) is 10.0 Å². The van der Waals surface area contributed by atoms with Gasteiger partial charge in [-0.1, -0.05) is 47.5 Å². The molecule has 126 valence electrons. The zero-order valence-corrected chi connectivity index (χ0v) is 15.0. The number of rotatable bonds is 7. The molecule has 2 aromatic carbocycles. The molecule has 0 saturated heterocycles. The molecule has 3 nitrogen and oxygen atoms in total. The molecule has 2 aromatic rings. The summed E-state index contributed by atoms with van der Waals surface area (Å²) in [4.78, 5) is 25.1. The molecule has 0 N–H and O–H groups in total. The molecule has 0 atom stereocenters. The third-order valence-electron chi connectivity index (χ3n) is 3.81. The second-order valence-electron chi connectivity index (χ2n) is 5.37. The molecular weight excluding hydrogens is 345 g/mol. The van der Waals surface area contributed by atoms with Gasteiger partial charge in [0.15, 0.2) is 0 Å². The first-order chi connectivity index (χ1) is 11.6. The van der Waals surface area contributed by atoms with Gasteiger partial charge in [0.25, 0.3) is 5.91 Å². The van der Waals surface area contributed by atoms with Crippen molar-refractivity contribution in [2.24, 2.45) is 0 Å². The van der Waals surface area contributed by atoms with Gasteiger partial charge in [0.1, 0.15) is 6.29 Å². The molecular formula is C19H19Cl2NO2. The normalized spacial score (nSPS) is 10.5. The molecule has 0 fully saturated rings. The van der Waals surface area contributed by atoms with Crippen LogP contribution in [0.15, 0.2) is 42.5 Å². The number of nitrogens with zero attached hydrogens (tertiary/aromatic N) is 1. The predicted molar refractivity (Wildman–Crippen MR) is 98.8 cm³/mol. The Kier molecular flexibility index (Phi) is 6.83. The van der Waals surface area contributed by atoms with Crippen LogP contribution >= 0.6 is 23.2 Å². The summed E-state index contributed by atoms with van der Waals surface area (Å²) in [5.74, 6) is -0.0509. The Morgan fingerprint density at radius 2 is 1.88 bits per heavy atom. The van der Waals surface area contributed by atoms with Gasteiger partial charge < -0.3 is 9.69 Å². The van der Waals surface area contributed by atoms with E-state index in [0.717, 1.165) is 17.4 Å². The van der Waals surface area contributed by atoms with Gasteiger partial charge in [0.2, 0.25) is 0 Å². The van der Waals surface area contributed by atoms with E-state index in [0.29, 0.717) is 41.5 Å². The lowest BCUT2D eigenvalue weighted by atomic mass is 9.98. The van der Waals surface area contributed by atoms with Crippen LogP contribution in [0.4, 0.5) is 0 Å². The molecule has 5 heteroatoms. The van der Waals surface area contributed by atoms with E-state index < -0.39 is 0 Å². The van der Waals surface area contributed by atoms with E-state index in [-0.39, 0.29) is 5.91 Å². The fourth-order valence-electron chi connectivity index (χ4n) is 2.52. The number of carbonyl (C=O) groups excluding carboxylic acids is 2. The van der Waals surface area contributed by atoms with Gasteiger partial charge in [0.05, 0.1) is 10.0 Å². The number of unbranched alkanes of at least 4 members (excludes halogenated alkanes) is 1. The molecule has 0 aliphatic heterocycles. The SMILES string of the molecule is CCN(CCCC=O)C(=O)c1ccccc1-c1ccc(Cl)c(Cl)c1. The lowest BCUT2D eigenvalue weighted by Crippen LogP contribution is -2.32. The first-order valence-electron chi connectivity index (χ1n) is 7.85. The van der Waals surface area contributed by atoms with Crippen molar-refractivity contribution in [2.45, 2.75) is 19.8 Å². The van der Waals surface area contributed by atoms with Crippen LogP contribution in [0, 0.1) is 0 Å². The lowest BCUT2D eigenvalue weighted by molar-refractivity contribution is -0.108. The van der Waals surface area contributed by atoms with Crippen molar-refractivity contribution in [3.8, 4) is 11.1 Å². The maximum atomic E-state index is 12.9. The Bertz CT molecular complexity index is 731. The predicted octanol–water partition coefficient (Wildman–Crippen LogP) is 5.10. The first kappa shape index (κ1) is 18.5. The molecule has 2 rings (SSSR count). The van der Waals surface area contributed by atoms with E-state index in [4.69, 9.17) is 23.2 Å². The van der Waals surface area contributed by atoms with Crippen molar-refractivity contribution in [1.29, 1.82) is 0 Å². The van der Waals surface area contributed by atoms with Crippen molar-refractivity contribution >= 4 is 35.4 Å². The fraction of sp³-hybridized carbons (Fsp3) is 0.263. The summed E-state index contributed by atoms with van der Waals surface area (Å²) in [6.07, 6.45) is 2.00. The summed E-state index contributed by atoms with van der Waals surface area (Å²) >= 11 is 12.1. The van der Waals surface area contributed by atoms with Crippen LogP contribution in [0.5, 0.6) is 0 Å². The topological polar surface area (TPSA) is 37.4 Å². The molecule has 0 saturated carbocycles. The number of amides is 1. The van der Waals surface area contributed by atoms with Gasteiger partial charge in [-0.15, -0.1) is 0 Å². The molecule has 0 bridgehead atoms. The Morgan fingerprint density at radius 1 is 1.12 bits per heavy atom. The Labute approximate surface area is 152 Å². The van der Waals surface area contributed by atoms with E-state index in [1.165, 1.54) is 0 Å². The van der Waals surface area contributed by atoms with Gasteiger partial charge in [-0.2, -0.15) is 0 Å². The average molecular weight is 364 g/mol. The smallest absolute Gasteiger partial charge is 0.254 e. The molecule has 0 spiro atoms. The minimum absolute atomic E-state index is 0.0509. The third-order valence-corrected chi connectivity index (χ3v) is 4.55. The highest BCUT2D eigenvalue weighted by molar-refractivity contribution is 6.42. The maximum absolute atomic E-state index is 12.9. The van der Waals surface area contributed by atoms with Crippen molar-refractivity contribution in [1.82, 2.24) is 4.90 Å². The Morgan fingerprint density at radius 3 is 2.54 bits per heavy atom. The van der Waals surface area contributed by atoms with Crippen molar-refractivity contribution in [2.75, 3.05) is 13.1 Å². The van der Waals surface area contributed by atoms with Gasteiger partial charge in [-0.05, 0) is 42.7 Å². The highest BCUT2D eigenvalue weighted by Gasteiger charge is 2.18. The number of hydrogen-bond donors (Lipinski definition) is 0. The summed E-state index contributed by atoms with van der Waals surface area (Å²) in [6.45, 7) is 3.08. The number of halogens is 2. The van der Waals surface area contributed by atoms with E-state index in [9.17, 15) is 9.59 Å². The number of benzene rings is 2. The summed E-state index contributed by atoms with van der Waals surface area (Å²) < 4.78 is 0. The van der Waals surface area contributed by atoms with Gasteiger partial charge in [0, 0.05) is 25.1 Å². The highest BCUT2D eigenvalue weighted by Crippen LogP contribution is 2.31. The average Bonchev–Trinajstić information content (AvgIpc) is 2.61. The molecule has 0 unspecified atom stereocenters. The van der Waals surface area contributed by atoms with Gasteiger partial charge in [-0.25, -0.2) is 0 Å². The number of hydrogen-bond acceptors (Lipinski definition) is 2. The second-order valence-corrected chi connectivity index (χ2v) is 6.18. The van der Waals surface area contributed by atoms with Crippen LogP contribution in [0.25, 0.3) is 11.1 Å². The van der Waals surface area contributed by atoms with Crippen LogP contribution in [0.1, 0.15) is 30.1 Å². The zero-order chi connectivity index (χ0) is 17.5.